The van der Waals surface area contributed by atoms with Crippen LogP contribution < -0.4 is 5.32 Å². The van der Waals surface area contributed by atoms with Gasteiger partial charge in [0.05, 0.1) is 15.9 Å². The SMILES string of the molecule is CSCC(=O)Nc1cc(Cl)cc(Br)c1O. The molecule has 0 aliphatic heterocycles. The molecule has 3 nitrogen and oxygen atoms in total. The van der Waals surface area contributed by atoms with E-state index in [1.165, 1.54) is 17.8 Å². The van der Waals surface area contributed by atoms with E-state index in [4.69, 9.17) is 11.6 Å². The first-order valence-corrected chi connectivity index (χ1v) is 6.58. The molecule has 0 aromatic heterocycles. The molecule has 0 saturated carbocycles. The summed E-state index contributed by atoms with van der Waals surface area (Å²) in [5, 5.41) is 12.6. The van der Waals surface area contributed by atoms with Gasteiger partial charge in [0, 0.05) is 5.02 Å². The zero-order chi connectivity index (χ0) is 11.4. The third kappa shape index (κ3) is 3.59. The number of nitrogens with one attached hydrogen (secondary N) is 1. The molecule has 0 aliphatic carbocycles. The molecule has 82 valence electrons. The first kappa shape index (κ1) is 12.7. The highest BCUT2D eigenvalue weighted by atomic mass is 79.9. The predicted octanol–water partition coefficient (Wildman–Crippen LogP) is 3.11. The standard InChI is InChI=1S/C9H9BrClNO2S/c1-15-4-8(13)12-7-3-5(11)2-6(10)9(7)14/h2-3,14H,4H2,1H3,(H,12,13). The van der Waals surface area contributed by atoms with E-state index in [2.05, 4.69) is 21.2 Å². The minimum atomic E-state index is -0.174. The van der Waals surface area contributed by atoms with Crippen molar-refractivity contribution >= 4 is 50.9 Å². The second-order valence-electron chi connectivity index (χ2n) is 2.76. The van der Waals surface area contributed by atoms with Gasteiger partial charge in [-0.15, -0.1) is 0 Å². The van der Waals surface area contributed by atoms with Gasteiger partial charge in [-0.05, 0) is 34.3 Å². The van der Waals surface area contributed by atoms with Crippen molar-refractivity contribution in [3.63, 3.8) is 0 Å². The summed E-state index contributed by atoms with van der Waals surface area (Å²) in [6.45, 7) is 0. The van der Waals surface area contributed by atoms with E-state index < -0.39 is 0 Å². The van der Waals surface area contributed by atoms with Crippen LogP contribution in [0.25, 0.3) is 0 Å². The van der Waals surface area contributed by atoms with Crippen LogP contribution in [0.3, 0.4) is 0 Å². The molecule has 0 fully saturated rings. The molecule has 2 N–H and O–H groups in total. The maximum atomic E-state index is 11.3. The van der Waals surface area contributed by atoms with Gasteiger partial charge in [-0.2, -0.15) is 11.8 Å². The quantitative estimate of drug-likeness (QED) is 0.843. The Balaban J connectivity index is 2.89. The summed E-state index contributed by atoms with van der Waals surface area (Å²) in [6, 6.07) is 3.06. The molecule has 0 radical (unpaired) electrons. The Kier molecular flexibility index (Phi) is 4.76. The third-order valence-electron chi connectivity index (χ3n) is 1.58. The Morgan fingerprint density at radius 3 is 2.93 bits per heavy atom. The van der Waals surface area contributed by atoms with Gasteiger partial charge >= 0.3 is 0 Å². The van der Waals surface area contributed by atoms with Crippen LogP contribution in [0.4, 0.5) is 5.69 Å². The predicted molar refractivity (Wildman–Crippen MR) is 67.8 cm³/mol. The molecule has 15 heavy (non-hydrogen) atoms. The lowest BCUT2D eigenvalue weighted by Gasteiger charge is -2.08. The highest BCUT2D eigenvalue weighted by Gasteiger charge is 2.10. The molecular weight excluding hydrogens is 302 g/mol. The molecular formula is C9H9BrClNO2S. The number of hydrogen-bond donors (Lipinski definition) is 2. The normalized spacial score (nSPS) is 10.1. The van der Waals surface area contributed by atoms with Gasteiger partial charge in [0.15, 0.2) is 5.75 Å². The molecule has 1 rings (SSSR count). The van der Waals surface area contributed by atoms with Crippen molar-refractivity contribution in [3.05, 3.63) is 21.6 Å². The molecule has 1 aromatic carbocycles. The van der Waals surface area contributed by atoms with Crippen LogP contribution in [0.15, 0.2) is 16.6 Å². The van der Waals surface area contributed by atoms with Crippen molar-refractivity contribution in [2.24, 2.45) is 0 Å². The summed E-state index contributed by atoms with van der Waals surface area (Å²) >= 11 is 10.3. The molecule has 0 unspecified atom stereocenters. The molecule has 0 spiro atoms. The highest BCUT2D eigenvalue weighted by molar-refractivity contribution is 9.10. The Labute approximate surface area is 105 Å². The monoisotopic (exact) mass is 309 g/mol. The number of halogens is 2. The summed E-state index contributed by atoms with van der Waals surface area (Å²) in [5.41, 5.74) is 0.313. The van der Waals surface area contributed by atoms with Crippen molar-refractivity contribution in [2.45, 2.75) is 0 Å². The third-order valence-corrected chi connectivity index (χ3v) is 2.95. The lowest BCUT2D eigenvalue weighted by Crippen LogP contribution is -2.13. The van der Waals surface area contributed by atoms with Gasteiger partial charge in [-0.1, -0.05) is 11.6 Å². The molecule has 1 amide bonds. The van der Waals surface area contributed by atoms with Gasteiger partial charge in [0.1, 0.15) is 0 Å². The molecule has 0 heterocycles. The molecule has 0 aliphatic rings. The first-order valence-electron chi connectivity index (χ1n) is 4.01. The fraction of sp³-hybridized carbons (Fsp3) is 0.222. The van der Waals surface area contributed by atoms with E-state index in [1.54, 1.807) is 6.07 Å². The Morgan fingerprint density at radius 2 is 2.33 bits per heavy atom. The zero-order valence-electron chi connectivity index (χ0n) is 7.88. The van der Waals surface area contributed by atoms with Gasteiger partial charge in [0.25, 0.3) is 0 Å². The summed E-state index contributed by atoms with van der Waals surface area (Å²) in [7, 11) is 0. The number of thioether (sulfide) groups is 1. The van der Waals surface area contributed by atoms with Gasteiger partial charge < -0.3 is 10.4 Å². The summed E-state index contributed by atoms with van der Waals surface area (Å²) < 4.78 is 0.453. The number of amides is 1. The van der Waals surface area contributed by atoms with Crippen LogP contribution in [0.5, 0.6) is 5.75 Å². The number of benzene rings is 1. The maximum absolute atomic E-state index is 11.3. The second-order valence-corrected chi connectivity index (χ2v) is 4.92. The lowest BCUT2D eigenvalue weighted by molar-refractivity contribution is -0.113. The molecule has 1 aromatic rings. The van der Waals surface area contributed by atoms with Crippen LogP contribution in [0, 0.1) is 0 Å². The van der Waals surface area contributed by atoms with Gasteiger partial charge in [-0.3, -0.25) is 4.79 Å². The number of rotatable bonds is 3. The van der Waals surface area contributed by atoms with Crippen LogP contribution >= 0.6 is 39.3 Å². The molecule has 0 saturated heterocycles. The van der Waals surface area contributed by atoms with Crippen molar-refractivity contribution in [2.75, 3.05) is 17.3 Å². The number of carbonyl (C=O) groups excluding carboxylic acids is 1. The smallest absolute Gasteiger partial charge is 0.234 e. The second kappa shape index (κ2) is 5.63. The van der Waals surface area contributed by atoms with Crippen molar-refractivity contribution in [1.29, 1.82) is 0 Å². The van der Waals surface area contributed by atoms with Gasteiger partial charge in [0.2, 0.25) is 5.91 Å². The Morgan fingerprint density at radius 1 is 1.67 bits per heavy atom. The van der Waals surface area contributed by atoms with Crippen molar-refractivity contribution in [1.82, 2.24) is 0 Å². The minimum absolute atomic E-state index is 0.0196. The van der Waals surface area contributed by atoms with E-state index in [0.29, 0.717) is 20.9 Å². The van der Waals surface area contributed by atoms with Gasteiger partial charge in [-0.25, -0.2) is 0 Å². The minimum Gasteiger partial charge on any atom is -0.505 e. The topological polar surface area (TPSA) is 49.3 Å². The average Bonchev–Trinajstić information content (AvgIpc) is 2.13. The Bertz CT molecular complexity index is 387. The van der Waals surface area contributed by atoms with E-state index in [0.717, 1.165) is 0 Å². The van der Waals surface area contributed by atoms with E-state index in [1.807, 2.05) is 6.26 Å². The van der Waals surface area contributed by atoms with Crippen molar-refractivity contribution in [3.8, 4) is 5.75 Å². The largest absolute Gasteiger partial charge is 0.505 e. The average molecular weight is 311 g/mol. The fourth-order valence-corrected chi connectivity index (χ4v) is 2.12. The summed E-state index contributed by atoms with van der Waals surface area (Å²) in [6.07, 6.45) is 1.83. The van der Waals surface area contributed by atoms with Crippen LogP contribution in [0.2, 0.25) is 5.02 Å². The molecule has 6 heteroatoms. The molecule has 0 bridgehead atoms. The van der Waals surface area contributed by atoms with Crippen molar-refractivity contribution < 1.29 is 9.90 Å². The van der Waals surface area contributed by atoms with E-state index in [9.17, 15) is 9.90 Å². The number of anilines is 1. The van der Waals surface area contributed by atoms with E-state index >= 15 is 0 Å². The number of hydrogen-bond acceptors (Lipinski definition) is 3. The zero-order valence-corrected chi connectivity index (χ0v) is 11.0. The van der Waals surface area contributed by atoms with E-state index in [-0.39, 0.29) is 11.7 Å². The summed E-state index contributed by atoms with van der Waals surface area (Å²) in [4.78, 5) is 11.3. The number of phenolic OH excluding ortho intramolecular Hbond substituents is 1. The van der Waals surface area contributed by atoms with Crippen LogP contribution in [-0.2, 0) is 4.79 Å². The maximum Gasteiger partial charge on any atom is 0.234 e. The Hall–Kier alpha value is -0.390. The van der Waals surface area contributed by atoms with Crippen LogP contribution in [0.1, 0.15) is 0 Å². The van der Waals surface area contributed by atoms with Crippen LogP contribution in [-0.4, -0.2) is 23.0 Å². The highest BCUT2D eigenvalue weighted by Crippen LogP contribution is 2.35. The first-order chi connectivity index (χ1) is 7.04. The number of aromatic hydroxyl groups is 1. The fourth-order valence-electron chi connectivity index (χ4n) is 0.979. The number of carbonyl (C=O) groups is 1. The summed E-state index contributed by atoms with van der Waals surface area (Å²) in [5.74, 6) is 0.143. The molecule has 0 atom stereocenters. The number of phenols is 1. The lowest BCUT2D eigenvalue weighted by atomic mass is 10.3.